The number of rotatable bonds is 3. The predicted octanol–water partition coefficient (Wildman–Crippen LogP) is 6.78. The van der Waals surface area contributed by atoms with E-state index in [-0.39, 0.29) is 5.41 Å². The Morgan fingerprint density at radius 1 is 0.500 bits per heavy atom. The van der Waals surface area contributed by atoms with E-state index in [1.54, 1.807) is 0 Å². The maximum Gasteiger partial charge on any atom is 0.135 e. The number of hydrogen-bond acceptors (Lipinski definition) is 2. The zero-order valence-electron chi connectivity index (χ0n) is 16.6. The van der Waals surface area contributed by atoms with Crippen LogP contribution in [0.2, 0.25) is 0 Å². The molecule has 0 bridgehead atoms. The number of hydrogen-bond donors (Lipinski definition) is 0. The minimum Gasteiger partial charge on any atom is -0.232 e. The Balaban J connectivity index is 1.78. The summed E-state index contributed by atoms with van der Waals surface area (Å²) < 4.78 is 0. The summed E-state index contributed by atoms with van der Waals surface area (Å²) in [7, 11) is 0. The fourth-order valence-electron chi connectivity index (χ4n) is 3.15. The van der Waals surface area contributed by atoms with Gasteiger partial charge in [-0.25, -0.2) is 9.97 Å². The standard InChI is InChI=1S/C26H24N2/c1-26(2,3)25-27-23(21-12-8-5-9-13-21)18-24(28-25)22-16-14-20(15-17-22)19-10-6-4-7-11-19/h4-18H,1-3H3. The first kappa shape index (κ1) is 18.1. The number of nitrogens with zero attached hydrogens (tertiary/aromatic N) is 2. The van der Waals surface area contributed by atoms with Crippen LogP contribution in [0.4, 0.5) is 0 Å². The molecule has 0 fully saturated rings. The summed E-state index contributed by atoms with van der Waals surface area (Å²) in [6.07, 6.45) is 0. The van der Waals surface area contributed by atoms with Crippen molar-refractivity contribution >= 4 is 0 Å². The molecule has 0 N–H and O–H groups in total. The van der Waals surface area contributed by atoms with Gasteiger partial charge in [-0.1, -0.05) is 106 Å². The maximum atomic E-state index is 4.89. The molecule has 0 amide bonds. The molecule has 0 atom stereocenters. The molecule has 0 aliphatic rings. The van der Waals surface area contributed by atoms with Crippen molar-refractivity contribution in [3.8, 4) is 33.6 Å². The van der Waals surface area contributed by atoms with E-state index in [0.717, 1.165) is 28.3 Å². The minimum atomic E-state index is -0.122. The maximum absolute atomic E-state index is 4.89. The zero-order chi connectivity index (χ0) is 19.6. The van der Waals surface area contributed by atoms with Crippen molar-refractivity contribution in [1.29, 1.82) is 0 Å². The molecular formula is C26H24N2. The second-order valence-electron chi connectivity index (χ2n) is 8.02. The zero-order valence-corrected chi connectivity index (χ0v) is 16.6. The fraction of sp³-hybridized carbons (Fsp3) is 0.154. The van der Waals surface area contributed by atoms with Gasteiger partial charge in [-0.05, 0) is 17.2 Å². The average molecular weight is 364 g/mol. The van der Waals surface area contributed by atoms with Crippen molar-refractivity contribution < 1.29 is 0 Å². The molecular weight excluding hydrogens is 340 g/mol. The second kappa shape index (κ2) is 7.40. The molecule has 2 heteroatoms. The monoisotopic (exact) mass is 364 g/mol. The summed E-state index contributed by atoms with van der Waals surface area (Å²) in [6.45, 7) is 6.46. The number of benzene rings is 3. The van der Waals surface area contributed by atoms with Gasteiger partial charge in [0, 0.05) is 16.5 Å². The summed E-state index contributed by atoms with van der Waals surface area (Å²) in [5.74, 6) is 0.857. The SMILES string of the molecule is CC(C)(C)c1nc(-c2ccccc2)cc(-c2ccc(-c3ccccc3)cc2)n1. The van der Waals surface area contributed by atoms with Gasteiger partial charge in [0.25, 0.3) is 0 Å². The highest BCUT2D eigenvalue weighted by molar-refractivity contribution is 5.71. The van der Waals surface area contributed by atoms with Crippen molar-refractivity contribution in [2.45, 2.75) is 26.2 Å². The quantitative estimate of drug-likeness (QED) is 0.400. The van der Waals surface area contributed by atoms with Crippen LogP contribution in [0.5, 0.6) is 0 Å². The van der Waals surface area contributed by atoms with Gasteiger partial charge in [-0.15, -0.1) is 0 Å². The third-order valence-electron chi connectivity index (χ3n) is 4.75. The van der Waals surface area contributed by atoms with Crippen LogP contribution in [0.15, 0.2) is 91.0 Å². The highest BCUT2D eigenvalue weighted by Crippen LogP contribution is 2.29. The second-order valence-corrected chi connectivity index (χ2v) is 8.02. The smallest absolute Gasteiger partial charge is 0.135 e. The van der Waals surface area contributed by atoms with Gasteiger partial charge < -0.3 is 0 Å². The lowest BCUT2D eigenvalue weighted by molar-refractivity contribution is 0.547. The van der Waals surface area contributed by atoms with Crippen LogP contribution in [0.1, 0.15) is 26.6 Å². The first-order valence-electron chi connectivity index (χ1n) is 9.61. The third-order valence-corrected chi connectivity index (χ3v) is 4.75. The Bertz CT molecular complexity index is 1060. The van der Waals surface area contributed by atoms with Crippen molar-refractivity contribution in [2.75, 3.05) is 0 Å². The Morgan fingerprint density at radius 3 is 1.39 bits per heavy atom. The van der Waals surface area contributed by atoms with Crippen LogP contribution >= 0.6 is 0 Å². The predicted molar refractivity (Wildman–Crippen MR) is 117 cm³/mol. The molecule has 4 rings (SSSR count). The summed E-state index contributed by atoms with van der Waals surface area (Å²) in [5.41, 5.74) is 6.43. The summed E-state index contributed by atoms with van der Waals surface area (Å²) in [5, 5.41) is 0. The van der Waals surface area contributed by atoms with Gasteiger partial charge in [0.1, 0.15) is 5.82 Å². The molecule has 0 radical (unpaired) electrons. The van der Waals surface area contributed by atoms with E-state index >= 15 is 0 Å². The molecule has 3 aromatic carbocycles. The largest absolute Gasteiger partial charge is 0.232 e. The molecule has 28 heavy (non-hydrogen) atoms. The first-order valence-corrected chi connectivity index (χ1v) is 9.61. The van der Waals surface area contributed by atoms with Crippen molar-refractivity contribution in [3.63, 3.8) is 0 Å². The van der Waals surface area contributed by atoms with Gasteiger partial charge >= 0.3 is 0 Å². The fourth-order valence-corrected chi connectivity index (χ4v) is 3.15. The van der Waals surface area contributed by atoms with Crippen LogP contribution in [0, 0.1) is 0 Å². The molecule has 0 spiro atoms. The lowest BCUT2D eigenvalue weighted by atomic mass is 9.94. The van der Waals surface area contributed by atoms with Crippen molar-refractivity contribution in [2.24, 2.45) is 0 Å². The molecule has 0 unspecified atom stereocenters. The highest BCUT2D eigenvalue weighted by atomic mass is 14.9. The van der Waals surface area contributed by atoms with Crippen LogP contribution in [0.25, 0.3) is 33.6 Å². The van der Waals surface area contributed by atoms with E-state index in [1.807, 2.05) is 24.3 Å². The molecule has 1 aromatic heterocycles. The Hall–Kier alpha value is -3.26. The molecule has 4 aromatic rings. The van der Waals surface area contributed by atoms with Gasteiger partial charge in [0.05, 0.1) is 11.4 Å². The van der Waals surface area contributed by atoms with Crippen molar-refractivity contribution in [3.05, 3.63) is 96.8 Å². The van der Waals surface area contributed by atoms with E-state index in [1.165, 1.54) is 11.1 Å². The molecule has 138 valence electrons. The van der Waals surface area contributed by atoms with Crippen LogP contribution in [-0.4, -0.2) is 9.97 Å². The minimum absolute atomic E-state index is 0.122. The topological polar surface area (TPSA) is 25.8 Å². The highest BCUT2D eigenvalue weighted by Gasteiger charge is 2.20. The first-order chi connectivity index (χ1) is 13.5. The van der Waals surface area contributed by atoms with E-state index in [4.69, 9.17) is 9.97 Å². The van der Waals surface area contributed by atoms with Crippen LogP contribution in [0.3, 0.4) is 0 Å². The summed E-state index contributed by atoms with van der Waals surface area (Å²) >= 11 is 0. The van der Waals surface area contributed by atoms with Gasteiger partial charge in [-0.3, -0.25) is 0 Å². The summed E-state index contributed by atoms with van der Waals surface area (Å²) in [4.78, 5) is 9.75. The summed E-state index contributed by atoms with van der Waals surface area (Å²) in [6, 6.07) is 31.4. The molecule has 0 saturated heterocycles. The molecule has 0 aliphatic carbocycles. The normalized spacial score (nSPS) is 11.4. The molecule has 0 aliphatic heterocycles. The lowest BCUT2D eigenvalue weighted by Gasteiger charge is -2.19. The third kappa shape index (κ3) is 3.86. The van der Waals surface area contributed by atoms with E-state index < -0.39 is 0 Å². The van der Waals surface area contributed by atoms with Gasteiger partial charge in [0.15, 0.2) is 0 Å². The van der Waals surface area contributed by atoms with E-state index in [9.17, 15) is 0 Å². The van der Waals surface area contributed by atoms with Crippen LogP contribution < -0.4 is 0 Å². The number of aromatic nitrogens is 2. The van der Waals surface area contributed by atoms with E-state index in [0.29, 0.717) is 0 Å². The van der Waals surface area contributed by atoms with E-state index in [2.05, 4.69) is 87.5 Å². The Morgan fingerprint density at radius 2 is 0.893 bits per heavy atom. The average Bonchev–Trinajstić information content (AvgIpc) is 2.74. The molecule has 2 nitrogen and oxygen atoms in total. The van der Waals surface area contributed by atoms with Gasteiger partial charge in [-0.2, -0.15) is 0 Å². The lowest BCUT2D eigenvalue weighted by Crippen LogP contribution is -2.16. The Labute approximate surface area is 167 Å². The Kier molecular flexibility index (Phi) is 4.79. The molecule has 0 saturated carbocycles. The van der Waals surface area contributed by atoms with Crippen LogP contribution in [-0.2, 0) is 5.41 Å². The molecule has 1 heterocycles. The van der Waals surface area contributed by atoms with Gasteiger partial charge in [0.2, 0.25) is 0 Å². The van der Waals surface area contributed by atoms with Crippen molar-refractivity contribution in [1.82, 2.24) is 9.97 Å².